The van der Waals surface area contributed by atoms with Crippen LogP contribution in [0.1, 0.15) is 15.9 Å². The SMILES string of the molecule is O=C(c1ccccc1)c1c(N=Nc2ccc(Cl)cc2)c(O)n2c1[nH]c1cccc3cccc2c31. The van der Waals surface area contributed by atoms with Crippen molar-refractivity contribution in [3.05, 3.63) is 107 Å². The molecule has 0 aliphatic carbocycles. The average Bonchev–Trinajstić information content (AvgIpc) is 3.15. The smallest absolute Gasteiger partial charge is 0.226 e. The van der Waals surface area contributed by atoms with Crippen LogP contribution in [-0.4, -0.2) is 20.3 Å². The van der Waals surface area contributed by atoms with Gasteiger partial charge < -0.3 is 10.1 Å². The highest BCUT2D eigenvalue weighted by molar-refractivity contribution is 6.30. The molecular formula is C27H17ClN4O2. The lowest BCUT2D eigenvalue weighted by Gasteiger charge is -2.10. The first kappa shape index (κ1) is 20.2. The number of rotatable bonds is 4. The largest absolute Gasteiger partial charge is 0.493 e. The van der Waals surface area contributed by atoms with Crippen molar-refractivity contribution < 1.29 is 9.90 Å². The molecule has 164 valence electrons. The molecule has 0 fully saturated rings. The number of fused-ring (bicyclic) bond motifs is 2. The summed E-state index contributed by atoms with van der Waals surface area (Å²) in [6.45, 7) is 0. The Balaban J connectivity index is 1.68. The summed E-state index contributed by atoms with van der Waals surface area (Å²) in [5, 5.41) is 22.5. The summed E-state index contributed by atoms with van der Waals surface area (Å²) < 4.78 is 1.63. The first-order valence-electron chi connectivity index (χ1n) is 10.7. The van der Waals surface area contributed by atoms with Gasteiger partial charge in [0.2, 0.25) is 5.88 Å². The number of aromatic nitrogens is 2. The van der Waals surface area contributed by atoms with Gasteiger partial charge in [0.25, 0.3) is 0 Å². The van der Waals surface area contributed by atoms with Crippen LogP contribution in [-0.2, 0) is 0 Å². The van der Waals surface area contributed by atoms with E-state index in [1.165, 1.54) is 0 Å². The van der Waals surface area contributed by atoms with Crippen molar-refractivity contribution in [3.8, 4) is 5.88 Å². The van der Waals surface area contributed by atoms with Crippen LogP contribution in [0.15, 0.2) is 101 Å². The number of carbonyl (C=O) groups is 1. The fourth-order valence-electron chi connectivity index (χ4n) is 4.30. The fraction of sp³-hybridized carbons (Fsp3) is 0. The van der Waals surface area contributed by atoms with Gasteiger partial charge in [-0.15, -0.1) is 5.11 Å². The van der Waals surface area contributed by atoms with Gasteiger partial charge in [-0.3, -0.25) is 9.20 Å². The van der Waals surface area contributed by atoms with E-state index in [0.717, 1.165) is 21.8 Å². The van der Waals surface area contributed by atoms with E-state index in [1.807, 2.05) is 42.5 Å². The number of ketones is 1. The summed E-state index contributed by atoms with van der Waals surface area (Å²) in [6, 6.07) is 27.5. The van der Waals surface area contributed by atoms with Crippen LogP contribution in [0.4, 0.5) is 11.4 Å². The first-order valence-corrected chi connectivity index (χ1v) is 11.0. The molecule has 0 unspecified atom stereocenters. The van der Waals surface area contributed by atoms with Gasteiger partial charge in [0.15, 0.2) is 11.5 Å². The molecule has 0 saturated heterocycles. The van der Waals surface area contributed by atoms with Gasteiger partial charge in [-0.05, 0) is 41.8 Å². The third kappa shape index (κ3) is 3.16. The molecule has 0 aliphatic rings. The van der Waals surface area contributed by atoms with Gasteiger partial charge in [-0.1, -0.05) is 66.2 Å². The Morgan fingerprint density at radius 1 is 0.853 bits per heavy atom. The van der Waals surface area contributed by atoms with Crippen molar-refractivity contribution in [2.24, 2.45) is 10.2 Å². The minimum Gasteiger partial charge on any atom is -0.493 e. The van der Waals surface area contributed by atoms with Crippen molar-refractivity contribution in [2.45, 2.75) is 0 Å². The molecule has 2 aromatic heterocycles. The van der Waals surface area contributed by atoms with Gasteiger partial charge in [-0.25, -0.2) is 0 Å². The van der Waals surface area contributed by atoms with E-state index in [1.54, 1.807) is 52.9 Å². The molecule has 0 spiro atoms. The number of H-pyrrole nitrogens is 1. The number of nitrogens with zero attached hydrogens (tertiary/aromatic N) is 3. The van der Waals surface area contributed by atoms with Crippen LogP contribution in [0, 0.1) is 0 Å². The lowest BCUT2D eigenvalue weighted by Crippen LogP contribution is -2.03. The molecule has 2 heterocycles. The third-order valence-corrected chi connectivity index (χ3v) is 6.10. The number of hydrogen-bond donors (Lipinski definition) is 2. The first-order chi connectivity index (χ1) is 16.6. The summed E-state index contributed by atoms with van der Waals surface area (Å²) in [7, 11) is 0. The number of carbonyl (C=O) groups excluding carboxylic acids is 1. The van der Waals surface area contributed by atoms with Crippen LogP contribution in [0.5, 0.6) is 5.88 Å². The Morgan fingerprint density at radius 2 is 1.59 bits per heavy atom. The van der Waals surface area contributed by atoms with E-state index in [9.17, 15) is 9.90 Å². The molecule has 0 bridgehead atoms. The number of hydrogen-bond acceptors (Lipinski definition) is 4. The molecule has 6 aromatic rings. The number of aromatic amines is 1. The van der Waals surface area contributed by atoms with Crippen LogP contribution in [0.25, 0.3) is 27.5 Å². The van der Waals surface area contributed by atoms with Crippen molar-refractivity contribution in [1.29, 1.82) is 0 Å². The number of azo groups is 1. The summed E-state index contributed by atoms with van der Waals surface area (Å²) >= 11 is 5.97. The van der Waals surface area contributed by atoms with E-state index in [0.29, 0.717) is 21.9 Å². The fourth-order valence-corrected chi connectivity index (χ4v) is 4.42. The van der Waals surface area contributed by atoms with Crippen molar-refractivity contribution in [1.82, 2.24) is 9.38 Å². The van der Waals surface area contributed by atoms with Gasteiger partial charge in [-0.2, -0.15) is 5.11 Å². The zero-order chi connectivity index (χ0) is 23.2. The zero-order valence-corrected chi connectivity index (χ0v) is 18.5. The molecule has 34 heavy (non-hydrogen) atoms. The summed E-state index contributed by atoms with van der Waals surface area (Å²) in [5.74, 6) is -0.435. The molecule has 4 aromatic carbocycles. The van der Waals surface area contributed by atoms with Crippen LogP contribution >= 0.6 is 11.6 Å². The Labute approximate surface area is 198 Å². The topological polar surface area (TPSA) is 82.2 Å². The van der Waals surface area contributed by atoms with Crippen molar-refractivity contribution in [2.75, 3.05) is 0 Å². The van der Waals surface area contributed by atoms with Gasteiger partial charge in [0.1, 0.15) is 5.65 Å². The zero-order valence-electron chi connectivity index (χ0n) is 17.7. The molecule has 0 amide bonds. The summed E-state index contributed by atoms with van der Waals surface area (Å²) in [5.41, 5.74) is 3.42. The van der Waals surface area contributed by atoms with E-state index < -0.39 is 0 Å². The highest BCUT2D eigenvalue weighted by Gasteiger charge is 2.27. The lowest BCUT2D eigenvalue weighted by atomic mass is 10.0. The maximum atomic E-state index is 13.7. The molecule has 0 atom stereocenters. The Bertz CT molecular complexity index is 1730. The Morgan fingerprint density at radius 3 is 2.35 bits per heavy atom. The summed E-state index contributed by atoms with van der Waals surface area (Å²) in [6.07, 6.45) is 0. The Hall–Kier alpha value is -4.42. The minimum absolute atomic E-state index is 0.0936. The van der Waals surface area contributed by atoms with Gasteiger partial charge in [0, 0.05) is 21.5 Å². The number of aromatic hydroxyl groups is 1. The number of benzene rings is 4. The highest BCUT2D eigenvalue weighted by Crippen LogP contribution is 2.41. The van der Waals surface area contributed by atoms with Crippen LogP contribution < -0.4 is 0 Å². The minimum atomic E-state index is -0.270. The highest BCUT2D eigenvalue weighted by atomic mass is 35.5. The molecule has 6 nitrogen and oxygen atoms in total. The Kier molecular flexibility index (Phi) is 4.67. The number of nitrogens with one attached hydrogen (secondary N) is 1. The molecule has 0 saturated carbocycles. The van der Waals surface area contributed by atoms with Crippen molar-refractivity contribution in [3.63, 3.8) is 0 Å². The second-order valence-corrected chi connectivity index (χ2v) is 8.35. The average molecular weight is 465 g/mol. The standard InChI is InChI=1S/C27H17ClN4O2/c28-18-12-14-19(15-13-18)30-31-24-23(25(33)17-6-2-1-3-7-17)26-29-20-10-4-8-16-9-5-11-21(22(16)20)32(26)27(24)34/h1-15,29,34H. The second kappa shape index (κ2) is 7.86. The quantitative estimate of drug-likeness (QED) is 0.208. The monoisotopic (exact) mass is 464 g/mol. The molecule has 0 radical (unpaired) electrons. The predicted molar refractivity (Wildman–Crippen MR) is 134 cm³/mol. The molecule has 0 aliphatic heterocycles. The second-order valence-electron chi connectivity index (χ2n) is 7.91. The van der Waals surface area contributed by atoms with Gasteiger partial charge in [0.05, 0.1) is 16.8 Å². The van der Waals surface area contributed by atoms with E-state index >= 15 is 0 Å². The molecule has 2 N–H and O–H groups in total. The maximum absolute atomic E-state index is 13.7. The molecule has 6 rings (SSSR count). The van der Waals surface area contributed by atoms with Crippen LogP contribution in [0.3, 0.4) is 0 Å². The summed E-state index contributed by atoms with van der Waals surface area (Å²) in [4.78, 5) is 17.0. The normalized spacial score (nSPS) is 11.8. The van der Waals surface area contributed by atoms with E-state index in [4.69, 9.17) is 11.6 Å². The van der Waals surface area contributed by atoms with Crippen molar-refractivity contribution >= 4 is 56.2 Å². The maximum Gasteiger partial charge on any atom is 0.226 e. The van der Waals surface area contributed by atoms with Crippen LogP contribution in [0.2, 0.25) is 5.02 Å². The lowest BCUT2D eigenvalue weighted by molar-refractivity contribution is 0.104. The molecule has 7 heteroatoms. The predicted octanol–water partition coefficient (Wildman–Crippen LogP) is 7.58. The third-order valence-electron chi connectivity index (χ3n) is 5.85. The van der Waals surface area contributed by atoms with E-state index in [2.05, 4.69) is 15.2 Å². The molecular weight excluding hydrogens is 448 g/mol. The van der Waals surface area contributed by atoms with Gasteiger partial charge >= 0.3 is 0 Å². The number of halogens is 1. The van der Waals surface area contributed by atoms with E-state index in [-0.39, 0.29) is 22.9 Å².